The monoisotopic (exact) mass is 481 g/mol. The molecule has 0 amide bonds. The van der Waals surface area contributed by atoms with E-state index < -0.39 is 0 Å². The van der Waals surface area contributed by atoms with Crippen molar-refractivity contribution in [2.24, 2.45) is 0 Å². The second kappa shape index (κ2) is 12.6. The Kier molecular flexibility index (Phi) is 8.73. The molecule has 0 unspecified atom stereocenters. The lowest BCUT2D eigenvalue weighted by Crippen LogP contribution is -2.24. The van der Waals surface area contributed by atoms with Crippen molar-refractivity contribution in [3.63, 3.8) is 0 Å². The van der Waals surface area contributed by atoms with Gasteiger partial charge < -0.3 is 14.2 Å². The number of hydrogen-bond donors (Lipinski definition) is 0. The first kappa shape index (κ1) is 25.0. The minimum absolute atomic E-state index is 0.367. The Morgan fingerprint density at radius 3 is 2.11 bits per heavy atom. The number of hydrogen-bond acceptors (Lipinski definition) is 5. The summed E-state index contributed by atoms with van der Waals surface area (Å²) in [6.45, 7) is 2.08. The quantitative estimate of drug-likeness (QED) is 0.233. The molecule has 5 heteroatoms. The summed E-state index contributed by atoms with van der Waals surface area (Å²) in [5.41, 5.74) is 4.13. The zero-order valence-electron chi connectivity index (χ0n) is 20.7. The van der Waals surface area contributed by atoms with Gasteiger partial charge in [0.05, 0.1) is 12.7 Å². The van der Waals surface area contributed by atoms with Crippen molar-refractivity contribution in [3.05, 3.63) is 125 Å². The van der Waals surface area contributed by atoms with E-state index in [4.69, 9.17) is 14.2 Å². The SMILES string of the molecule is COC(=O)c1ccc(Oc2ccccc2CN(C)CCOc2ccc(Cc3ccccc3)cc2)cc1. The Labute approximate surface area is 212 Å². The van der Waals surface area contributed by atoms with Gasteiger partial charge in [-0.1, -0.05) is 60.7 Å². The maximum atomic E-state index is 11.6. The molecule has 0 fully saturated rings. The third-order valence-electron chi connectivity index (χ3n) is 5.83. The molecule has 0 N–H and O–H groups in total. The summed E-state index contributed by atoms with van der Waals surface area (Å²) in [5, 5.41) is 0. The van der Waals surface area contributed by atoms with Crippen molar-refractivity contribution in [2.45, 2.75) is 13.0 Å². The lowest BCUT2D eigenvalue weighted by atomic mass is 10.1. The highest BCUT2D eigenvalue weighted by atomic mass is 16.5. The van der Waals surface area contributed by atoms with Crippen LogP contribution < -0.4 is 9.47 Å². The lowest BCUT2D eigenvalue weighted by molar-refractivity contribution is 0.0600. The molecule has 0 saturated heterocycles. The molecule has 0 saturated carbocycles. The molecule has 0 radical (unpaired) electrons. The van der Waals surface area contributed by atoms with Crippen molar-refractivity contribution in [2.75, 3.05) is 27.3 Å². The van der Waals surface area contributed by atoms with Crippen LogP contribution in [0, 0.1) is 0 Å². The number of para-hydroxylation sites is 1. The Balaban J connectivity index is 1.26. The van der Waals surface area contributed by atoms with E-state index in [2.05, 4.69) is 54.4 Å². The van der Waals surface area contributed by atoms with Gasteiger partial charge in [0.2, 0.25) is 0 Å². The second-order valence-corrected chi connectivity index (χ2v) is 8.62. The summed E-state index contributed by atoms with van der Waals surface area (Å²) < 4.78 is 16.8. The van der Waals surface area contributed by atoms with Gasteiger partial charge in [0.1, 0.15) is 23.9 Å². The second-order valence-electron chi connectivity index (χ2n) is 8.62. The summed E-state index contributed by atoms with van der Waals surface area (Å²) in [7, 11) is 3.43. The van der Waals surface area contributed by atoms with Gasteiger partial charge in [0.25, 0.3) is 0 Å². The van der Waals surface area contributed by atoms with E-state index >= 15 is 0 Å². The van der Waals surface area contributed by atoms with Crippen molar-refractivity contribution < 1.29 is 19.0 Å². The number of carbonyl (C=O) groups excluding carboxylic acids is 1. The van der Waals surface area contributed by atoms with Gasteiger partial charge in [-0.25, -0.2) is 4.79 Å². The third-order valence-corrected chi connectivity index (χ3v) is 5.83. The minimum Gasteiger partial charge on any atom is -0.492 e. The van der Waals surface area contributed by atoms with Crippen LogP contribution in [0.1, 0.15) is 27.0 Å². The number of benzene rings is 4. The molecular weight excluding hydrogens is 450 g/mol. The van der Waals surface area contributed by atoms with E-state index in [0.29, 0.717) is 17.9 Å². The molecule has 4 aromatic carbocycles. The van der Waals surface area contributed by atoms with Crippen molar-refractivity contribution >= 4 is 5.97 Å². The molecule has 4 rings (SSSR count). The smallest absolute Gasteiger partial charge is 0.337 e. The zero-order valence-corrected chi connectivity index (χ0v) is 20.7. The molecule has 0 atom stereocenters. The highest BCUT2D eigenvalue weighted by Gasteiger charge is 2.10. The van der Waals surface area contributed by atoms with E-state index in [0.717, 1.165) is 36.6 Å². The summed E-state index contributed by atoms with van der Waals surface area (Å²) >= 11 is 0. The number of likely N-dealkylation sites (N-methyl/N-ethyl adjacent to an activating group) is 1. The first-order valence-electron chi connectivity index (χ1n) is 12.0. The number of ether oxygens (including phenoxy) is 3. The first-order chi connectivity index (χ1) is 17.6. The van der Waals surface area contributed by atoms with Crippen LogP contribution in [0.4, 0.5) is 0 Å². The summed E-state index contributed by atoms with van der Waals surface area (Å²) in [5.74, 6) is 1.95. The average molecular weight is 482 g/mol. The number of methoxy groups -OCH3 is 1. The fourth-order valence-electron chi connectivity index (χ4n) is 3.86. The van der Waals surface area contributed by atoms with Gasteiger partial charge in [-0.15, -0.1) is 0 Å². The van der Waals surface area contributed by atoms with Crippen LogP contribution in [-0.2, 0) is 17.7 Å². The normalized spacial score (nSPS) is 10.8. The molecule has 0 heterocycles. The topological polar surface area (TPSA) is 48.0 Å². The molecule has 0 bridgehead atoms. The van der Waals surface area contributed by atoms with E-state index in [1.807, 2.05) is 36.4 Å². The Morgan fingerprint density at radius 1 is 0.750 bits per heavy atom. The average Bonchev–Trinajstić information content (AvgIpc) is 2.91. The number of esters is 1. The Hall–Kier alpha value is -4.09. The Bertz CT molecular complexity index is 1240. The van der Waals surface area contributed by atoms with E-state index in [-0.39, 0.29) is 5.97 Å². The van der Waals surface area contributed by atoms with Gasteiger partial charge in [-0.05, 0) is 67.1 Å². The van der Waals surface area contributed by atoms with E-state index in [1.165, 1.54) is 18.2 Å². The molecule has 184 valence electrons. The highest BCUT2D eigenvalue weighted by Crippen LogP contribution is 2.26. The van der Waals surface area contributed by atoms with Crippen molar-refractivity contribution in [1.29, 1.82) is 0 Å². The summed E-state index contributed by atoms with van der Waals surface area (Å²) in [6.07, 6.45) is 0.917. The van der Waals surface area contributed by atoms with Gasteiger partial charge in [0.15, 0.2) is 0 Å². The van der Waals surface area contributed by atoms with Crippen LogP contribution in [0.3, 0.4) is 0 Å². The van der Waals surface area contributed by atoms with Crippen LogP contribution in [0.25, 0.3) is 0 Å². The first-order valence-corrected chi connectivity index (χ1v) is 12.0. The van der Waals surface area contributed by atoms with E-state index in [1.54, 1.807) is 24.3 Å². The maximum Gasteiger partial charge on any atom is 0.337 e. The summed E-state index contributed by atoms with van der Waals surface area (Å²) in [6, 6.07) is 33.7. The largest absolute Gasteiger partial charge is 0.492 e. The standard InChI is InChI=1S/C31H31NO4/c1-32(20-21-35-28-16-12-25(13-17-28)22-24-8-4-3-5-9-24)23-27-10-6-7-11-30(27)36-29-18-14-26(15-19-29)31(33)34-2/h3-19H,20-23H2,1-2H3. The van der Waals surface area contributed by atoms with Crippen molar-refractivity contribution in [1.82, 2.24) is 4.90 Å². The molecule has 0 aliphatic rings. The van der Waals surface area contributed by atoms with E-state index in [9.17, 15) is 4.79 Å². The zero-order chi connectivity index (χ0) is 25.2. The molecular formula is C31H31NO4. The lowest BCUT2D eigenvalue weighted by Gasteiger charge is -2.19. The van der Waals surface area contributed by atoms with Gasteiger partial charge in [-0.3, -0.25) is 4.90 Å². The van der Waals surface area contributed by atoms with Gasteiger partial charge in [-0.2, -0.15) is 0 Å². The minimum atomic E-state index is -0.367. The molecule has 5 nitrogen and oxygen atoms in total. The number of carbonyl (C=O) groups is 1. The number of rotatable bonds is 11. The van der Waals surface area contributed by atoms with Gasteiger partial charge in [0, 0.05) is 18.7 Å². The molecule has 0 aromatic heterocycles. The van der Waals surface area contributed by atoms with Gasteiger partial charge >= 0.3 is 5.97 Å². The predicted octanol–water partition coefficient (Wildman–Crippen LogP) is 6.37. The van der Waals surface area contributed by atoms with Crippen LogP contribution in [0.15, 0.2) is 103 Å². The molecule has 4 aromatic rings. The number of nitrogens with zero attached hydrogens (tertiary/aromatic N) is 1. The Morgan fingerprint density at radius 2 is 1.39 bits per heavy atom. The molecule has 0 aliphatic carbocycles. The highest BCUT2D eigenvalue weighted by molar-refractivity contribution is 5.89. The van der Waals surface area contributed by atoms with Crippen LogP contribution in [0.2, 0.25) is 0 Å². The maximum absolute atomic E-state index is 11.6. The third kappa shape index (κ3) is 7.20. The van der Waals surface area contributed by atoms with Crippen LogP contribution in [0.5, 0.6) is 17.2 Å². The van der Waals surface area contributed by atoms with Crippen LogP contribution in [-0.4, -0.2) is 38.2 Å². The fraction of sp³-hybridized carbons (Fsp3) is 0.194. The predicted molar refractivity (Wildman–Crippen MR) is 142 cm³/mol. The fourth-order valence-corrected chi connectivity index (χ4v) is 3.86. The van der Waals surface area contributed by atoms with Crippen molar-refractivity contribution in [3.8, 4) is 17.2 Å². The molecule has 36 heavy (non-hydrogen) atoms. The van der Waals surface area contributed by atoms with Crippen LogP contribution >= 0.6 is 0 Å². The molecule has 0 aliphatic heterocycles. The molecule has 0 spiro atoms. The summed E-state index contributed by atoms with van der Waals surface area (Å²) in [4.78, 5) is 13.8.